The number of hydrogen-bond donors (Lipinski definition) is 1. The molecule has 0 aliphatic carbocycles. The monoisotopic (exact) mass is 316 g/mol. The maximum Gasteiger partial charge on any atom is 0.271 e. The van der Waals surface area contributed by atoms with Gasteiger partial charge in [-0.2, -0.15) is 5.10 Å². The number of ether oxygens (including phenoxy) is 2. The number of carbonyl (C=O) groups excluding carboxylic acids is 1. The number of amides is 1. The highest BCUT2D eigenvalue weighted by molar-refractivity contribution is 6.30. The zero-order valence-electron chi connectivity index (χ0n) is 11.8. The largest absolute Gasteiger partial charge is 0.454 e. The number of hydrazone groups is 1. The third-order valence-corrected chi connectivity index (χ3v) is 3.44. The number of halogens is 1. The molecule has 0 radical (unpaired) electrons. The molecule has 112 valence electrons. The number of nitrogens with one attached hydrogen (secondary N) is 1. The summed E-state index contributed by atoms with van der Waals surface area (Å²) in [6.07, 6.45) is 0. The van der Waals surface area contributed by atoms with Crippen molar-refractivity contribution in [1.29, 1.82) is 0 Å². The summed E-state index contributed by atoms with van der Waals surface area (Å²) < 4.78 is 10.6. The quantitative estimate of drug-likeness (QED) is 0.698. The molecule has 6 heteroatoms. The van der Waals surface area contributed by atoms with E-state index in [1.807, 2.05) is 18.2 Å². The minimum absolute atomic E-state index is 0.223. The first kappa shape index (κ1) is 14.4. The topological polar surface area (TPSA) is 59.9 Å². The van der Waals surface area contributed by atoms with Gasteiger partial charge in [-0.05, 0) is 43.3 Å². The average Bonchev–Trinajstić information content (AvgIpc) is 2.99. The van der Waals surface area contributed by atoms with Gasteiger partial charge in [0, 0.05) is 16.1 Å². The summed E-state index contributed by atoms with van der Waals surface area (Å²) in [7, 11) is 0. The number of nitrogens with zero attached hydrogens (tertiary/aromatic N) is 1. The number of benzene rings is 2. The van der Waals surface area contributed by atoms with Crippen LogP contribution in [0.4, 0.5) is 0 Å². The van der Waals surface area contributed by atoms with Gasteiger partial charge >= 0.3 is 0 Å². The van der Waals surface area contributed by atoms with Crippen molar-refractivity contribution in [2.75, 3.05) is 6.79 Å². The van der Waals surface area contributed by atoms with Gasteiger partial charge in [0.25, 0.3) is 5.91 Å². The van der Waals surface area contributed by atoms with Crippen LogP contribution in [-0.2, 0) is 0 Å². The normalized spacial score (nSPS) is 13.1. The smallest absolute Gasteiger partial charge is 0.271 e. The second-order valence-corrected chi connectivity index (χ2v) is 5.15. The third kappa shape index (κ3) is 3.04. The van der Waals surface area contributed by atoms with Crippen LogP contribution in [0.3, 0.4) is 0 Å². The molecule has 5 nitrogen and oxygen atoms in total. The number of rotatable bonds is 3. The highest BCUT2D eigenvalue weighted by Crippen LogP contribution is 2.32. The van der Waals surface area contributed by atoms with E-state index in [4.69, 9.17) is 21.1 Å². The molecule has 1 aliphatic heterocycles. The van der Waals surface area contributed by atoms with Gasteiger partial charge in [-0.1, -0.05) is 17.7 Å². The summed E-state index contributed by atoms with van der Waals surface area (Å²) in [6.45, 7) is 2.02. The maximum absolute atomic E-state index is 12.0. The average molecular weight is 317 g/mol. The first-order valence-electron chi connectivity index (χ1n) is 6.64. The fraction of sp³-hybridized carbons (Fsp3) is 0.125. The van der Waals surface area contributed by atoms with Crippen LogP contribution in [0.1, 0.15) is 22.8 Å². The molecule has 2 aromatic carbocycles. The Morgan fingerprint density at radius 2 is 1.95 bits per heavy atom. The van der Waals surface area contributed by atoms with Crippen molar-refractivity contribution >= 4 is 23.2 Å². The first-order chi connectivity index (χ1) is 10.6. The molecule has 1 aliphatic rings. The third-order valence-electron chi connectivity index (χ3n) is 3.20. The summed E-state index contributed by atoms with van der Waals surface area (Å²) >= 11 is 5.86. The highest BCUT2D eigenvalue weighted by atomic mass is 35.5. The van der Waals surface area contributed by atoms with E-state index in [9.17, 15) is 4.79 Å². The van der Waals surface area contributed by atoms with Crippen molar-refractivity contribution in [3.63, 3.8) is 0 Å². The van der Waals surface area contributed by atoms with Crippen molar-refractivity contribution in [1.82, 2.24) is 5.43 Å². The predicted molar refractivity (Wildman–Crippen MR) is 83.7 cm³/mol. The van der Waals surface area contributed by atoms with E-state index in [-0.39, 0.29) is 12.7 Å². The van der Waals surface area contributed by atoms with Gasteiger partial charge in [0.1, 0.15) is 0 Å². The van der Waals surface area contributed by atoms with E-state index in [0.717, 1.165) is 5.56 Å². The van der Waals surface area contributed by atoms with E-state index in [0.29, 0.717) is 27.8 Å². The molecule has 0 atom stereocenters. The molecule has 2 aromatic rings. The van der Waals surface area contributed by atoms with Gasteiger partial charge in [-0.15, -0.1) is 0 Å². The lowest BCUT2D eigenvalue weighted by atomic mass is 10.1. The lowest BCUT2D eigenvalue weighted by molar-refractivity contribution is 0.0955. The molecule has 0 bridgehead atoms. The molecular formula is C16H13ClN2O3. The van der Waals surface area contributed by atoms with Gasteiger partial charge in [0.05, 0.1) is 5.71 Å². The molecule has 0 fully saturated rings. The van der Waals surface area contributed by atoms with Crippen molar-refractivity contribution in [3.8, 4) is 11.5 Å². The fourth-order valence-electron chi connectivity index (χ4n) is 2.02. The van der Waals surface area contributed by atoms with E-state index >= 15 is 0 Å². The van der Waals surface area contributed by atoms with Crippen LogP contribution in [-0.4, -0.2) is 18.4 Å². The van der Waals surface area contributed by atoms with Gasteiger partial charge < -0.3 is 9.47 Å². The molecule has 1 N–H and O–H groups in total. The molecule has 3 rings (SSSR count). The van der Waals surface area contributed by atoms with Crippen molar-refractivity contribution in [2.45, 2.75) is 6.92 Å². The zero-order chi connectivity index (χ0) is 15.5. The van der Waals surface area contributed by atoms with E-state index in [2.05, 4.69) is 10.5 Å². The molecule has 0 spiro atoms. The van der Waals surface area contributed by atoms with Crippen LogP contribution < -0.4 is 14.9 Å². The maximum atomic E-state index is 12.0. The summed E-state index contributed by atoms with van der Waals surface area (Å²) in [6, 6.07) is 12.2. The predicted octanol–water partition coefficient (Wildman–Crippen LogP) is 3.22. The Morgan fingerprint density at radius 3 is 2.77 bits per heavy atom. The molecule has 1 heterocycles. The second-order valence-electron chi connectivity index (χ2n) is 4.72. The Hall–Kier alpha value is -2.53. The first-order valence-corrected chi connectivity index (χ1v) is 7.01. The van der Waals surface area contributed by atoms with Crippen LogP contribution in [0.25, 0.3) is 0 Å². The fourth-order valence-corrected chi connectivity index (χ4v) is 2.21. The Kier molecular flexibility index (Phi) is 3.98. The second kappa shape index (κ2) is 6.07. The van der Waals surface area contributed by atoms with E-state index in [1.54, 1.807) is 31.2 Å². The molecule has 0 saturated heterocycles. The zero-order valence-corrected chi connectivity index (χ0v) is 12.6. The standard InChI is InChI=1S/C16H13ClN2O3/c1-10(11-5-6-14-15(8-11)22-9-21-14)18-19-16(20)12-3-2-4-13(17)7-12/h2-8H,9H2,1H3,(H,19,20). The van der Waals surface area contributed by atoms with Crippen LogP contribution >= 0.6 is 11.6 Å². The Labute approximate surface area is 132 Å². The number of carbonyl (C=O) groups is 1. The minimum Gasteiger partial charge on any atom is -0.454 e. The van der Waals surface area contributed by atoms with Gasteiger partial charge in [0.2, 0.25) is 6.79 Å². The SMILES string of the molecule is CC(=NNC(=O)c1cccc(Cl)c1)c1ccc2c(c1)OCO2. The van der Waals surface area contributed by atoms with Crippen molar-refractivity contribution in [3.05, 3.63) is 58.6 Å². The highest BCUT2D eigenvalue weighted by Gasteiger charge is 2.14. The van der Waals surface area contributed by atoms with Gasteiger partial charge in [0.15, 0.2) is 11.5 Å². The Bertz CT molecular complexity index is 759. The van der Waals surface area contributed by atoms with Crippen LogP contribution in [0.15, 0.2) is 47.6 Å². The van der Waals surface area contributed by atoms with E-state index in [1.165, 1.54) is 0 Å². The van der Waals surface area contributed by atoms with Crippen molar-refractivity contribution in [2.24, 2.45) is 5.10 Å². The Balaban J connectivity index is 1.73. The minimum atomic E-state index is -0.317. The molecule has 22 heavy (non-hydrogen) atoms. The number of fused-ring (bicyclic) bond motifs is 1. The lowest BCUT2D eigenvalue weighted by Crippen LogP contribution is -2.19. The van der Waals surface area contributed by atoms with Crippen molar-refractivity contribution < 1.29 is 14.3 Å². The summed E-state index contributed by atoms with van der Waals surface area (Å²) in [4.78, 5) is 12.0. The van der Waals surface area contributed by atoms with Crippen LogP contribution in [0.5, 0.6) is 11.5 Å². The van der Waals surface area contributed by atoms with Gasteiger partial charge in [-0.25, -0.2) is 5.43 Å². The molecule has 0 unspecified atom stereocenters. The molecule has 1 amide bonds. The Morgan fingerprint density at radius 1 is 1.14 bits per heavy atom. The summed E-state index contributed by atoms with van der Waals surface area (Å²) in [5, 5.41) is 4.61. The van der Waals surface area contributed by atoms with Crippen LogP contribution in [0.2, 0.25) is 5.02 Å². The van der Waals surface area contributed by atoms with E-state index < -0.39 is 0 Å². The number of hydrogen-bond acceptors (Lipinski definition) is 4. The summed E-state index contributed by atoms with van der Waals surface area (Å²) in [5.74, 6) is 1.07. The molecule has 0 saturated carbocycles. The molecular weight excluding hydrogens is 304 g/mol. The molecule has 0 aromatic heterocycles. The summed E-state index contributed by atoms with van der Waals surface area (Å²) in [5.41, 5.74) is 4.47. The van der Waals surface area contributed by atoms with Gasteiger partial charge in [-0.3, -0.25) is 4.79 Å². The van der Waals surface area contributed by atoms with Crippen LogP contribution in [0, 0.1) is 0 Å². The lowest BCUT2D eigenvalue weighted by Gasteiger charge is -2.04.